The number of carboxylic acid groups (broad SMARTS) is 1. The van der Waals surface area contributed by atoms with Gasteiger partial charge >= 0.3 is 5.97 Å². The summed E-state index contributed by atoms with van der Waals surface area (Å²) in [4.78, 5) is 10.9. The highest BCUT2D eigenvalue weighted by molar-refractivity contribution is 9.09. The van der Waals surface area contributed by atoms with Crippen LogP contribution in [0.1, 0.15) is 0 Å². The third-order valence-corrected chi connectivity index (χ3v) is 5.65. The number of carbonyl (C=O) groups is 1. The van der Waals surface area contributed by atoms with Gasteiger partial charge in [0.2, 0.25) is 0 Å². The van der Waals surface area contributed by atoms with Crippen LogP contribution in [0.25, 0.3) is 0 Å². The number of rotatable bonds is 7. The highest BCUT2D eigenvalue weighted by Crippen LogP contribution is 2.27. The third-order valence-electron chi connectivity index (χ3n) is 3.27. The maximum atomic E-state index is 10.9. The van der Waals surface area contributed by atoms with E-state index in [-0.39, 0.29) is 13.2 Å². The lowest BCUT2D eigenvalue weighted by Crippen LogP contribution is -2.60. The van der Waals surface area contributed by atoms with Crippen LogP contribution in [-0.4, -0.2) is 86.1 Å². The monoisotopic (exact) mass is 436 g/mol. The molecule has 0 unspecified atom stereocenters. The molecule has 1 aliphatic rings. The molecule has 8 nitrogen and oxygen atoms in total. The fraction of sp³-hybridized carbons (Fsp3) is 0.909. The van der Waals surface area contributed by atoms with Crippen LogP contribution in [0, 0.1) is 5.41 Å². The highest BCUT2D eigenvalue weighted by Gasteiger charge is 2.48. The van der Waals surface area contributed by atoms with Crippen molar-refractivity contribution in [1.82, 2.24) is 0 Å². The molecule has 0 saturated carbocycles. The minimum absolute atomic E-state index is 0.0586. The zero-order valence-electron chi connectivity index (χ0n) is 10.9. The molecular formula is C11H18Br2O8. The van der Waals surface area contributed by atoms with E-state index in [1.165, 1.54) is 0 Å². The molecule has 1 aliphatic heterocycles. The number of alkyl halides is 2. The zero-order valence-corrected chi connectivity index (χ0v) is 14.1. The van der Waals surface area contributed by atoms with Crippen LogP contribution >= 0.6 is 31.9 Å². The Morgan fingerprint density at radius 1 is 1.14 bits per heavy atom. The van der Waals surface area contributed by atoms with Crippen LogP contribution in [-0.2, 0) is 14.3 Å². The summed E-state index contributed by atoms with van der Waals surface area (Å²) >= 11 is 6.47. The van der Waals surface area contributed by atoms with Gasteiger partial charge in [-0.05, 0) is 0 Å². The van der Waals surface area contributed by atoms with Gasteiger partial charge in [0.1, 0.15) is 18.3 Å². The van der Waals surface area contributed by atoms with Crippen molar-refractivity contribution in [2.24, 2.45) is 5.41 Å². The number of aliphatic hydroxyl groups is 4. The normalized spacial score (nSPS) is 33.9. The standard InChI is InChI=1S/C11H18Br2O8/c12-1-11(2-13,3-14)4-20-10-7(17)5(15)6(16)8(21-10)9(18)19/h5-8,10,14-17H,1-4H2,(H,18,19)/t5-,6+,7-,8+,10+/m1/s1. The van der Waals surface area contributed by atoms with Gasteiger partial charge in [-0.3, -0.25) is 0 Å². The van der Waals surface area contributed by atoms with Crippen molar-refractivity contribution >= 4 is 37.8 Å². The molecule has 1 saturated heterocycles. The number of hydrogen-bond acceptors (Lipinski definition) is 7. The van der Waals surface area contributed by atoms with Gasteiger partial charge in [0.25, 0.3) is 0 Å². The van der Waals surface area contributed by atoms with E-state index < -0.39 is 42.1 Å². The van der Waals surface area contributed by atoms with E-state index in [1.54, 1.807) is 0 Å². The van der Waals surface area contributed by atoms with Gasteiger partial charge in [-0.15, -0.1) is 0 Å². The van der Waals surface area contributed by atoms with Crippen molar-refractivity contribution in [2.75, 3.05) is 23.9 Å². The van der Waals surface area contributed by atoms with E-state index in [9.17, 15) is 25.2 Å². The van der Waals surface area contributed by atoms with Gasteiger partial charge in [0, 0.05) is 16.1 Å². The molecule has 0 amide bonds. The van der Waals surface area contributed by atoms with E-state index in [0.717, 1.165) is 0 Å². The summed E-state index contributed by atoms with van der Waals surface area (Å²) in [5, 5.41) is 48.0. The van der Waals surface area contributed by atoms with Crippen LogP contribution in [0.3, 0.4) is 0 Å². The Labute approximate surface area is 137 Å². The van der Waals surface area contributed by atoms with Gasteiger partial charge in [-0.25, -0.2) is 4.79 Å². The maximum absolute atomic E-state index is 10.9. The van der Waals surface area contributed by atoms with Gasteiger partial charge < -0.3 is 35.0 Å². The number of ether oxygens (including phenoxy) is 2. The third kappa shape index (κ3) is 4.35. The Balaban J connectivity index is 2.75. The molecular weight excluding hydrogens is 420 g/mol. The average Bonchev–Trinajstić information content (AvgIpc) is 2.48. The molecule has 1 fully saturated rings. The van der Waals surface area contributed by atoms with Crippen molar-refractivity contribution in [3.8, 4) is 0 Å². The van der Waals surface area contributed by atoms with Crippen molar-refractivity contribution in [3.05, 3.63) is 0 Å². The summed E-state index contributed by atoms with van der Waals surface area (Å²) < 4.78 is 10.3. The zero-order chi connectivity index (χ0) is 16.2. The molecule has 5 atom stereocenters. The maximum Gasteiger partial charge on any atom is 0.335 e. The second-order valence-electron chi connectivity index (χ2n) is 4.97. The van der Waals surface area contributed by atoms with Crippen LogP contribution in [0.5, 0.6) is 0 Å². The van der Waals surface area contributed by atoms with Crippen molar-refractivity contribution in [1.29, 1.82) is 0 Å². The summed E-state index contributed by atoms with van der Waals surface area (Å²) in [5.41, 5.74) is -0.692. The Bertz CT molecular complexity index is 343. The smallest absolute Gasteiger partial charge is 0.335 e. The molecule has 0 aromatic rings. The first-order valence-electron chi connectivity index (χ1n) is 6.09. The van der Waals surface area contributed by atoms with Crippen LogP contribution < -0.4 is 0 Å². The molecule has 0 radical (unpaired) electrons. The van der Waals surface area contributed by atoms with Crippen LogP contribution in [0.2, 0.25) is 0 Å². The molecule has 1 heterocycles. The summed E-state index contributed by atoms with van der Waals surface area (Å²) in [6.07, 6.45) is -8.19. The first-order valence-corrected chi connectivity index (χ1v) is 8.33. The van der Waals surface area contributed by atoms with E-state index in [2.05, 4.69) is 31.9 Å². The average molecular weight is 438 g/mol. The van der Waals surface area contributed by atoms with Crippen molar-refractivity contribution in [2.45, 2.75) is 30.7 Å². The predicted octanol–water partition coefficient (Wildman–Crippen LogP) is -1.34. The van der Waals surface area contributed by atoms with E-state index >= 15 is 0 Å². The Morgan fingerprint density at radius 3 is 2.14 bits per heavy atom. The minimum atomic E-state index is -1.76. The molecule has 21 heavy (non-hydrogen) atoms. The molecule has 10 heteroatoms. The number of halogens is 2. The van der Waals surface area contributed by atoms with Crippen LogP contribution in [0.15, 0.2) is 0 Å². The van der Waals surface area contributed by atoms with Gasteiger partial charge in [-0.1, -0.05) is 31.9 Å². The lowest BCUT2D eigenvalue weighted by Gasteiger charge is -2.40. The fourth-order valence-electron chi connectivity index (χ4n) is 1.69. The van der Waals surface area contributed by atoms with Crippen molar-refractivity contribution in [3.63, 3.8) is 0 Å². The van der Waals surface area contributed by atoms with E-state index in [1.807, 2.05) is 0 Å². The lowest BCUT2D eigenvalue weighted by atomic mass is 9.95. The predicted molar refractivity (Wildman–Crippen MR) is 77.4 cm³/mol. The molecule has 0 aliphatic carbocycles. The summed E-state index contributed by atoms with van der Waals surface area (Å²) in [6, 6.07) is 0. The molecule has 0 bridgehead atoms. The summed E-state index contributed by atoms with van der Waals surface area (Å²) in [6.45, 7) is -0.281. The molecule has 0 aromatic carbocycles. The fourth-order valence-corrected chi connectivity index (χ4v) is 3.30. The lowest BCUT2D eigenvalue weighted by molar-refractivity contribution is -0.298. The second kappa shape index (κ2) is 8.16. The number of hydrogen-bond donors (Lipinski definition) is 5. The second-order valence-corrected chi connectivity index (χ2v) is 6.09. The first kappa shape index (κ1) is 19.2. The number of aliphatic hydroxyl groups excluding tert-OH is 4. The largest absolute Gasteiger partial charge is 0.479 e. The van der Waals surface area contributed by atoms with E-state index in [4.69, 9.17) is 14.6 Å². The van der Waals surface area contributed by atoms with Crippen LogP contribution in [0.4, 0.5) is 0 Å². The summed E-state index contributed by atoms with van der Waals surface area (Å²) in [5.74, 6) is -1.48. The van der Waals surface area contributed by atoms with Gasteiger partial charge in [-0.2, -0.15) is 0 Å². The minimum Gasteiger partial charge on any atom is -0.479 e. The van der Waals surface area contributed by atoms with Crippen molar-refractivity contribution < 1.29 is 39.8 Å². The Morgan fingerprint density at radius 2 is 1.71 bits per heavy atom. The van der Waals surface area contributed by atoms with Gasteiger partial charge in [0.15, 0.2) is 12.4 Å². The molecule has 0 aromatic heterocycles. The van der Waals surface area contributed by atoms with Gasteiger partial charge in [0.05, 0.1) is 13.2 Å². The molecule has 0 spiro atoms. The molecule has 5 N–H and O–H groups in total. The quantitative estimate of drug-likeness (QED) is 0.309. The molecule has 1 rings (SSSR count). The summed E-state index contributed by atoms with van der Waals surface area (Å²) in [7, 11) is 0. The topological polar surface area (TPSA) is 137 Å². The SMILES string of the molecule is O=C(O)[C@H]1O[C@H](OCC(CO)(CBr)CBr)[C@H](O)[C@H](O)[C@@H]1O. The first-order chi connectivity index (χ1) is 9.81. The van der Waals surface area contributed by atoms with E-state index in [0.29, 0.717) is 10.7 Å². The number of carboxylic acids is 1. The molecule has 124 valence electrons. The Kier molecular flexibility index (Phi) is 7.47. The number of aliphatic carboxylic acids is 1. The highest BCUT2D eigenvalue weighted by atomic mass is 79.9. The Hall–Kier alpha value is 0.190.